The zero-order valence-electron chi connectivity index (χ0n) is 11.3. The van der Waals surface area contributed by atoms with Gasteiger partial charge in [-0.1, -0.05) is 0 Å². The molecule has 0 fully saturated rings. The molecule has 0 aliphatic rings. The lowest BCUT2D eigenvalue weighted by molar-refractivity contribution is 0.0962. The monoisotopic (exact) mass is 287 g/mol. The Morgan fingerprint density at radius 1 is 1.00 bits per heavy atom. The second-order valence-electron chi connectivity index (χ2n) is 4.35. The molecular formula is C15H14FN3O2. The first kappa shape index (κ1) is 14.5. The van der Waals surface area contributed by atoms with E-state index < -0.39 is 11.7 Å². The summed E-state index contributed by atoms with van der Waals surface area (Å²) in [4.78, 5) is 23.4. The number of nitrogens with two attached hydrogens (primary N) is 1. The molecule has 2 aromatic rings. The number of benzene rings is 2. The molecule has 0 aliphatic carbocycles. The maximum Gasteiger partial charge on any atom is 0.255 e. The fraction of sp³-hybridized carbons (Fsp3) is 0.0667. The molecule has 0 unspecified atom stereocenters. The lowest BCUT2D eigenvalue weighted by Crippen LogP contribution is -2.18. The SMILES string of the molecule is CNC(=O)c1ccc(NC(=O)c2ccc(F)c(N)c2)cc1. The summed E-state index contributed by atoms with van der Waals surface area (Å²) in [5, 5.41) is 5.14. The minimum atomic E-state index is -0.568. The third-order valence-electron chi connectivity index (χ3n) is 2.89. The van der Waals surface area contributed by atoms with Gasteiger partial charge in [0.2, 0.25) is 0 Å². The molecule has 0 atom stereocenters. The van der Waals surface area contributed by atoms with Crippen LogP contribution in [0.5, 0.6) is 0 Å². The molecule has 0 saturated carbocycles. The molecule has 0 radical (unpaired) electrons. The molecule has 0 spiro atoms. The van der Waals surface area contributed by atoms with Crippen LogP contribution in [-0.2, 0) is 0 Å². The Morgan fingerprint density at radius 2 is 1.62 bits per heavy atom. The lowest BCUT2D eigenvalue weighted by Gasteiger charge is -2.07. The minimum Gasteiger partial charge on any atom is -0.396 e. The van der Waals surface area contributed by atoms with Crippen molar-refractivity contribution >= 4 is 23.2 Å². The van der Waals surface area contributed by atoms with Crippen molar-refractivity contribution in [2.45, 2.75) is 0 Å². The van der Waals surface area contributed by atoms with E-state index in [9.17, 15) is 14.0 Å². The van der Waals surface area contributed by atoms with Crippen molar-refractivity contribution in [3.05, 3.63) is 59.4 Å². The fourth-order valence-corrected chi connectivity index (χ4v) is 1.74. The van der Waals surface area contributed by atoms with Gasteiger partial charge >= 0.3 is 0 Å². The van der Waals surface area contributed by atoms with E-state index in [1.807, 2.05) is 0 Å². The van der Waals surface area contributed by atoms with Crippen LogP contribution in [0.3, 0.4) is 0 Å². The zero-order chi connectivity index (χ0) is 15.4. The van der Waals surface area contributed by atoms with Gasteiger partial charge in [0, 0.05) is 23.9 Å². The molecular weight excluding hydrogens is 273 g/mol. The van der Waals surface area contributed by atoms with Gasteiger partial charge in [-0.3, -0.25) is 9.59 Å². The highest BCUT2D eigenvalue weighted by Crippen LogP contribution is 2.15. The topological polar surface area (TPSA) is 84.2 Å². The molecule has 21 heavy (non-hydrogen) atoms. The molecule has 0 aliphatic heterocycles. The standard InChI is InChI=1S/C15H14FN3O2/c1-18-14(20)9-2-5-11(6-3-9)19-15(21)10-4-7-12(16)13(17)8-10/h2-8H,17H2,1H3,(H,18,20)(H,19,21). The lowest BCUT2D eigenvalue weighted by atomic mass is 10.1. The predicted octanol–water partition coefficient (Wildman–Crippen LogP) is 2.02. The number of nitrogens with one attached hydrogen (secondary N) is 2. The Bertz CT molecular complexity index is 684. The summed E-state index contributed by atoms with van der Waals surface area (Å²) in [6.07, 6.45) is 0. The first-order chi connectivity index (χ1) is 10.0. The van der Waals surface area contributed by atoms with Gasteiger partial charge in [-0.15, -0.1) is 0 Å². The molecule has 0 heterocycles. The van der Waals surface area contributed by atoms with Gasteiger partial charge in [0.15, 0.2) is 0 Å². The van der Waals surface area contributed by atoms with Crippen molar-refractivity contribution in [1.82, 2.24) is 5.32 Å². The number of carbonyl (C=O) groups excluding carboxylic acids is 2. The largest absolute Gasteiger partial charge is 0.396 e. The highest BCUT2D eigenvalue weighted by molar-refractivity contribution is 6.05. The maximum absolute atomic E-state index is 13.0. The molecule has 2 amide bonds. The van der Waals surface area contributed by atoms with E-state index in [1.54, 1.807) is 24.3 Å². The van der Waals surface area contributed by atoms with Crippen LogP contribution in [0.1, 0.15) is 20.7 Å². The highest BCUT2D eigenvalue weighted by Gasteiger charge is 2.09. The molecule has 5 nitrogen and oxygen atoms in total. The molecule has 2 aromatic carbocycles. The minimum absolute atomic E-state index is 0.0855. The van der Waals surface area contributed by atoms with Crippen molar-refractivity contribution in [1.29, 1.82) is 0 Å². The number of carbonyl (C=O) groups is 2. The highest BCUT2D eigenvalue weighted by atomic mass is 19.1. The van der Waals surface area contributed by atoms with E-state index in [-0.39, 0.29) is 17.2 Å². The Morgan fingerprint density at radius 3 is 2.19 bits per heavy atom. The maximum atomic E-state index is 13.0. The van der Waals surface area contributed by atoms with Gasteiger partial charge in [0.05, 0.1) is 5.69 Å². The number of halogens is 1. The smallest absolute Gasteiger partial charge is 0.255 e. The first-order valence-corrected chi connectivity index (χ1v) is 6.20. The van der Waals surface area contributed by atoms with E-state index in [0.717, 1.165) is 6.07 Å². The van der Waals surface area contributed by atoms with Crippen LogP contribution in [0.4, 0.5) is 15.8 Å². The van der Waals surface area contributed by atoms with E-state index in [0.29, 0.717) is 11.3 Å². The van der Waals surface area contributed by atoms with Gasteiger partial charge in [0.1, 0.15) is 5.82 Å². The van der Waals surface area contributed by atoms with Crippen LogP contribution in [0.15, 0.2) is 42.5 Å². The third kappa shape index (κ3) is 3.36. The molecule has 0 aromatic heterocycles. The number of nitrogen functional groups attached to an aromatic ring is 1. The van der Waals surface area contributed by atoms with E-state index in [1.165, 1.54) is 19.2 Å². The van der Waals surface area contributed by atoms with Crippen molar-refractivity contribution in [2.24, 2.45) is 0 Å². The normalized spacial score (nSPS) is 10.0. The fourth-order valence-electron chi connectivity index (χ4n) is 1.74. The Kier molecular flexibility index (Phi) is 4.18. The van der Waals surface area contributed by atoms with Crippen LogP contribution in [0.25, 0.3) is 0 Å². The van der Waals surface area contributed by atoms with Crippen LogP contribution in [0, 0.1) is 5.82 Å². The van der Waals surface area contributed by atoms with Gasteiger partial charge < -0.3 is 16.4 Å². The summed E-state index contributed by atoms with van der Waals surface area (Å²) in [5.41, 5.74) is 6.60. The second-order valence-corrected chi connectivity index (χ2v) is 4.35. The average molecular weight is 287 g/mol. The van der Waals surface area contributed by atoms with Crippen molar-refractivity contribution < 1.29 is 14.0 Å². The number of amides is 2. The van der Waals surface area contributed by atoms with Crippen molar-refractivity contribution in [3.63, 3.8) is 0 Å². The van der Waals surface area contributed by atoms with E-state index in [4.69, 9.17) is 5.73 Å². The Hall–Kier alpha value is -2.89. The summed E-state index contributed by atoms with van der Waals surface area (Å²) in [5.74, 6) is -1.19. The first-order valence-electron chi connectivity index (χ1n) is 6.20. The number of hydrogen-bond donors (Lipinski definition) is 3. The number of anilines is 2. The molecule has 6 heteroatoms. The van der Waals surface area contributed by atoms with Crippen LogP contribution >= 0.6 is 0 Å². The van der Waals surface area contributed by atoms with E-state index >= 15 is 0 Å². The summed E-state index contributed by atoms with van der Waals surface area (Å²) in [7, 11) is 1.54. The van der Waals surface area contributed by atoms with Crippen LogP contribution in [0.2, 0.25) is 0 Å². The number of hydrogen-bond acceptors (Lipinski definition) is 3. The summed E-state index contributed by atoms with van der Waals surface area (Å²) >= 11 is 0. The van der Waals surface area contributed by atoms with Gasteiger partial charge in [-0.05, 0) is 42.5 Å². The van der Waals surface area contributed by atoms with Crippen molar-refractivity contribution in [2.75, 3.05) is 18.1 Å². The van der Waals surface area contributed by atoms with E-state index in [2.05, 4.69) is 10.6 Å². The Labute approximate surface area is 121 Å². The number of rotatable bonds is 3. The predicted molar refractivity (Wildman–Crippen MR) is 78.6 cm³/mol. The van der Waals surface area contributed by atoms with Gasteiger partial charge in [-0.25, -0.2) is 4.39 Å². The molecule has 4 N–H and O–H groups in total. The van der Waals surface area contributed by atoms with Crippen LogP contribution < -0.4 is 16.4 Å². The van der Waals surface area contributed by atoms with Gasteiger partial charge in [0.25, 0.3) is 11.8 Å². The quantitative estimate of drug-likeness (QED) is 0.755. The summed E-state index contributed by atoms with van der Waals surface area (Å²) < 4.78 is 13.0. The van der Waals surface area contributed by atoms with Crippen LogP contribution in [-0.4, -0.2) is 18.9 Å². The summed E-state index contributed by atoms with van der Waals surface area (Å²) in [6, 6.07) is 10.1. The summed E-state index contributed by atoms with van der Waals surface area (Å²) in [6.45, 7) is 0. The zero-order valence-corrected chi connectivity index (χ0v) is 11.3. The Balaban J connectivity index is 2.12. The second kappa shape index (κ2) is 6.04. The third-order valence-corrected chi connectivity index (χ3v) is 2.89. The molecule has 0 saturated heterocycles. The molecule has 0 bridgehead atoms. The molecule has 2 rings (SSSR count). The van der Waals surface area contributed by atoms with Gasteiger partial charge in [-0.2, -0.15) is 0 Å². The molecule has 108 valence electrons. The van der Waals surface area contributed by atoms with Crippen molar-refractivity contribution in [3.8, 4) is 0 Å². The average Bonchev–Trinajstić information content (AvgIpc) is 2.50.